The molecule has 1 aliphatic heterocycles. The molecule has 114 valence electrons. The molecular formula is C15H26N2O3. The molecule has 20 heavy (non-hydrogen) atoms. The van der Waals surface area contributed by atoms with Crippen LogP contribution in [0.25, 0.3) is 0 Å². The summed E-state index contributed by atoms with van der Waals surface area (Å²) in [6, 6.07) is 0. The SMILES string of the molecule is CC(C)(C)OC=O.O=C(/C=C/C1CC1)N1CCNCC1. The quantitative estimate of drug-likeness (QED) is 0.627. The lowest BCUT2D eigenvalue weighted by molar-refractivity contribution is -0.138. The second kappa shape index (κ2) is 8.04. The van der Waals surface area contributed by atoms with Gasteiger partial charge in [-0.05, 0) is 45.6 Å². The molecule has 1 N–H and O–H groups in total. The van der Waals surface area contributed by atoms with Crippen molar-refractivity contribution < 1.29 is 14.3 Å². The minimum absolute atomic E-state index is 0.188. The van der Waals surface area contributed by atoms with Crippen molar-refractivity contribution in [3.63, 3.8) is 0 Å². The van der Waals surface area contributed by atoms with E-state index in [4.69, 9.17) is 0 Å². The maximum Gasteiger partial charge on any atom is 0.293 e. The Kier molecular flexibility index (Phi) is 6.71. The Morgan fingerprint density at radius 2 is 1.85 bits per heavy atom. The summed E-state index contributed by atoms with van der Waals surface area (Å²) in [6.45, 7) is 9.50. The summed E-state index contributed by atoms with van der Waals surface area (Å²) in [4.78, 5) is 23.1. The Morgan fingerprint density at radius 3 is 2.25 bits per heavy atom. The summed E-state index contributed by atoms with van der Waals surface area (Å²) in [5.74, 6) is 0.889. The number of rotatable bonds is 3. The molecule has 2 rings (SSSR count). The number of piperazine rings is 1. The fourth-order valence-corrected chi connectivity index (χ4v) is 1.64. The summed E-state index contributed by atoms with van der Waals surface area (Å²) in [5, 5.41) is 3.23. The third kappa shape index (κ3) is 7.94. The van der Waals surface area contributed by atoms with Gasteiger partial charge in [0, 0.05) is 26.2 Å². The second-order valence-electron chi connectivity index (χ2n) is 6.10. The molecule has 0 atom stereocenters. The van der Waals surface area contributed by atoms with Crippen molar-refractivity contribution in [2.45, 2.75) is 39.2 Å². The number of hydrogen-bond acceptors (Lipinski definition) is 4. The van der Waals surface area contributed by atoms with Gasteiger partial charge in [0.15, 0.2) is 0 Å². The van der Waals surface area contributed by atoms with E-state index in [1.807, 2.05) is 25.7 Å². The van der Waals surface area contributed by atoms with Crippen molar-refractivity contribution in [1.82, 2.24) is 10.2 Å². The topological polar surface area (TPSA) is 58.6 Å². The molecule has 0 aromatic heterocycles. The van der Waals surface area contributed by atoms with Crippen LogP contribution in [0.5, 0.6) is 0 Å². The number of ether oxygens (including phenoxy) is 1. The van der Waals surface area contributed by atoms with Crippen LogP contribution in [0.15, 0.2) is 12.2 Å². The van der Waals surface area contributed by atoms with Crippen molar-refractivity contribution >= 4 is 12.4 Å². The van der Waals surface area contributed by atoms with E-state index in [0.717, 1.165) is 26.2 Å². The Bertz CT molecular complexity index is 338. The molecule has 5 heteroatoms. The average molecular weight is 282 g/mol. The van der Waals surface area contributed by atoms with Crippen LogP contribution in [-0.2, 0) is 14.3 Å². The van der Waals surface area contributed by atoms with Crippen molar-refractivity contribution in [3.8, 4) is 0 Å². The molecule has 0 unspecified atom stereocenters. The second-order valence-corrected chi connectivity index (χ2v) is 6.10. The maximum atomic E-state index is 11.5. The maximum absolute atomic E-state index is 11.5. The normalized spacial score (nSPS) is 19.2. The minimum Gasteiger partial charge on any atom is -0.462 e. The molecule has 1 saturated heterocycles. The summed E-state index contributed by atoms with van der Waals surface area (Å²) >= 11 is 0. The van der Waals surface area contributed by atoms with Gasteiger partial charge in [-0.15, -0.1) is 0 Å². The van der Waals surface area contributed by atoms with Gasteiger partial charge in [0.25, 0.3) is 6.47 Å². The van der Waals surface area contributed by atoms with Crippen LogP contribution >= 0.6 is 0 Å². The molecule has 2 fully saturated rings. The first-order valence-corrected chi connectivity index (χ1v) is 7.21. The Morgan fingerprint density at radius 1 is 1.25 bits per heavy atom. The zero-order chi connectivity index (χ0) is 15.0. The van der Waals surface area contributed by atoms with Gasteiger partial charge < -0.3 is 15.0 Å². The number of carbonyl (C=O) groups is 2. The van der Waals surface area contributed by atoms with Crippen LogP contribution < -0.4 is 5.32 Å². The van der Waals surface area contributed by atoms with E-state index >= 15 is 0 Å². The summed E-state index contributed by atoms with van der Waals surface area (Å²) in [6.07, 6.45) is 6.35. The van der Waals surface area contributed by atoms with Gasteiger partial charge in [-0.25, -0.2) is 0 Å². The number of amides is 1. The van der Waals surface area contributed by atoms with E-state index in [0.29, 0.717) is 12.4 Å². The number of hydrogen-bond donors (Lipinski definition) is 1. The Labute approximate surface area is 121 Å². The molecule has 0 spiro atoms. The fraction of sp³-hybridized carbons (Fsp3) is 0.733. The highest BCUT2D eigenvalue weighted by Crippen LogP contribution is 2.29. The van der Waals surface area contributed by atoms with Crippen molar-refractivity contribution in [3.05, 3.63) is 12.2 Å². The largest absolute Gasteiger partial charge is 0.462 e. The number of allylic oxidation sites excluding steroid dienone is 1. The molecule has 2 aliphatic rings. The zero-order valence-electron chi connectivity index (χ0n) is 12.7. The summed E-state index contributed by atoms with van der Waals surface area (Å²) in [5.41, 5.74) is -0.318. The van der Waals surface area contributed by atoms with Crippen molar-refractivity contribution in [2.24, 2.45) is 5.92 Å². The minimum atomic E-state index is -0.318. The molecule has 0 aromatic carbocycles. The smallest absolute Gasteiger partial charge is 0.293 e. The first-order valence-electron chi connectivity index (χ1n) is 7.21. The van der Waals surface area contributed by atoms with Crippen LogP contribution in [0, 0.1) is 5.92 Å². The van der Waals surface area contributed by atoms with Gasteiger partial charge in [-0.3, -0.25) is 9.59 Å². The number of nitrogens with zero attached hydrogens (tertiary/aromatic N) is 1. The van der Waals surface area contributed by atoms with E-state index in [-0.39, 0.29) is 11.5 Å². The molecule has 5 nitrogen and oxygen atoms in total. The Balaban J connectivity index is 0.000000246. The lowest BCUT2D eigenvalue weighted by Crippen LogP contribution is -2.45. The standard InChI is InChI=1S/C10H16N2O.C5H10O2/c13-10(4-3-9-1-2-9)12-7-5-11-6-8-12;1-5(2,3)7-4-6/h3-4,9,11H,1-2,5-8H2;4H,1-3H3/b4-3+;. The lowest BCUT2D eigenvalue weighted by atomic mass is 10.2. The summed E-state index contributed by atoms with van der Waals surface area (Å²) < 4.78 is 4.55. The first-order chi connectivity index (χ1) is 9.42. The predicted octanol–water partition coefficient (Wildman–Crippen LogP) is 1.34. The van der Waals surface area contributed by atoms with Crippen LogP contribution in [0.2, 0.25) is 0 Å². The van der Waals surface area contributed by atoms with Crippen LogP contribution in [0.4, 0.5) is 0 Å². The van der Waals surface area contributed by atoms with Crippen LogP contribution in [0.3, 0.4) is 0 Å². The van der Waals surface area contributed by atoms with Gasteiger partial charge in [-0.2, -0.15) is 0 Å². The van der Waals surface area contributed by atoms with Gasteiger partial charge in [0.05, 0.1) is 0 Å². The van der Waals surface area contributed by atoms with Crippen LogP contribution in [-0.4, -0.2) is 49.1 Å². The molecule has 0 aromatic rings. The summed E-state index contributed by atoms with van der Waals surface area (Å²) in [7, 11) is 0. The third-order valence-electron chi connectivity index (χ3n) is 2.96. The highest BCUT2D eigenvalue weighted by molar-refractivity contribution is 5.87. The van der Waals surface area contributed by atoms with Gasteiger partial charge in [-0.1, -0.05) is 6.08 Å². The molecular weight excluding hydrogens is 256 g/mol. The average Bonchev–Trinajstić information content (AvgIpc) is 3.20. The van der Waals surface area contributed by atoms with Gasteiger partial charge >= 0.3 is 0 Å². The zero-order valence-corrected chi connectivity index (χ0v) is 12.7. The lowest BCUT2D eigenvalue weighted by Gasteiger charge is -2.26. The van der Waals surface area contributed by atoms with Crippen molar-refractivity contribution in [1.29, 1.82) is 0 Å². The highest BCUT2D eigenvalue weighted by Gasteiger charge is 2.19. The van der Waals surface area contributed by atoms with Gasteiger partial charge in [0.2, 0.25) is 5.91 Å². The van der Waals surface area contributed by atoms with Crippen molar-refractivity contribution in [2.75, 3.05) is 26.2 Å². The first kappa shape index (κ1) is 16.7. The molecule has 0 bridgehead atoms. The molecule has 1 saturated carbocycles. The number of nitrogens with one attached hydrogen (secondary N) is 1. The van der Waals surface area contributed by atoms with Crippen LogP contribution in [0.1, 0.15) is 33.6 Å². The monoisotopic (exact) mass is 282 g/mol. The number of carbonyl (C=O) groups excluding carboxylic acids is 2. The van der Waals surface area contributed by atoms with Gasteiger partial charge in [0.1, 0.15) is 5.60 Å². The molecule has 1 amide bonds. The molecule has 0 radical (unpaired) electrons. The highest BCUT2D eigenvalue weighted by atomic mass is 16.5. The third-order valence-corrected chi connectivity index (χ3v) is 2.96. The fourth-order valence-electron chi connectivity index (χ4n) is 1.64. The van der Waals surface area contributed by atoms with E-state index in [2.05, 4.69) is 16.1 Å². The van der Waals surface area contributed by atoms with E-state index in [1.165, 1.54) is 12.8 Å². The Hall–Kier alpha value is -1.36. The van der Waals surface area contributed by atoms with E-state index in [9.17, 15) is 9.59 Å². The van der Waals surface area contributed by atoms with E-state index < -0.39 is 0 Å². The predicted molar refractivity (Wildman–Crippen MR) is 78.2 cm³/mol. The molecule has 1 aliphatic carbocycles. The van der Waals surface area contributed by atoms with E-state index in [1.54, 1.807) is 6.08 Å². The molecule has 1 heterocycles.